The zero-order valence-corrected chi connectivity index (χ0v) is 13.8. The Hall–Kier alpha value is -2.17. The number of aromatic amines is 1. The van der Waals surface area contributed by atoms with Crippen LogP contribution < -0.4 is 5.56 Å². The molecule has 0 unspecified atom stereocenters. The van der Waals surface area contributed by atoms with Gasteiger partial charge in [-0.15, -0.1) is 0 Å². The predicted molar refractivity (Wildman–Crippen MR) is 89.6 cm³/mol. The Kier molecular flexibility index (Phi) is 5.31. The van der Waals surface area contributed by atoms with E-state index in [1.54, 1.807) is 12.3 Å². The van der Waals surface area contributed by atoms with Crippen LogP contribution in [0.1, 0.15) is 63.8 Å². The maximum atomic E-state index is 11.8. The van der Waals surface area contributed by atoms with E-state index >= 15 is 0 Å². The summed E-state index contributed by atoms with van der Waals surface area (Å²) in [5, 5.41) is 4.34. The molecule has 0 aliphatic heterocycles. The summed E-state index contributed by atoms with van der Waals surface area (Å²) in [6.45, 7) is 8.34. The number of H-pyrrole nitrogens is 1. The van der Waals surface area contributed by atoms with E-state index in [0.717, 1.165) is 36.2 Å². The van der Waals surface area contributed by atoms with Crippen LogP contribution in [-0.4, -0.2) is 19.7 Å². The minimum atomic E-state index is -0.0924. The van der Waals surface area contributed by atoms with Crippen molar-refractivity contribution in [3.8, 4) is 0 Å². The van der Waals surface area contributed by atoms with E-state index in [1.165, 1.54) is 0 Å². The Bertz CT molecular complexity index is 709. The fraction of sp³-hybridized carbons (Fsp3) is 0.471. The smallest absolute Gasteiger partial charge is 0.251 e. The van der Waals surface area contributed by atoms with Gasteiger partial charge < -0.3 is 4.98 Å². The van der Waals surface area contributed by atoms with E-state index in [-0.39, 0.29) is 11.6 Å². The summed E-state index contributed by atoms with van der Waals surface area (Å²) in [4.78, 5) is 19.3. The number of aryl methyl sites for hydroxylation is 1. The van der Waals surface area contributed by atoms with Crippen molar-refractivity contribution in [2.24, 2.45) is 0 Å². The Labute approximate surface area is 131 Å². The number of hydrogen-bond acceptors (Lipinski definition) is 3. The van der Waals surface area contributed by atoms with E-state index in [0.29, 0.717) is 5.82 Å². The number of rotatable bonds is 6. The van der Waals surface area contributed by atoms with Crippen LogP contribution in [0.25, 0.3) is 11.6 Å². The van der Waals surface area contributed by atoms with Crippen molar-refractivity contribution in [1.29, 1.82) is 0 Å². The highest BCUT2D eigenvalue weighted by atomic mass is 16.1. The highest BCUT2D eigenvalue weighted by Gasteiger charge is 2.09. The van der Waals surface area contributed by atoms with Crippen molar-refractivity contribution in [2.45, 2.75) is 53.0 Å². The maximum Gasteiger partial charge on any atom is 0.251 e. The maximum absolute atomic E-state index is 11.8. The molecule has 5 heteroatoms. The summed E-state index contributed by atoms with van der Waals surface area (Å²) >= 11 is 0. The van der Waals surface area contributed by atoms with E-state index in [1.807, 2.05) is 10.7 Å². The molecule has 118 valence electrons. The molecule has 0 aromatic carbocycles. The summed E-state index contributed by atoms with van der Waals surface area (Å²) in [6.07, 6.45) is 6.44. The van der Waals surface area contributed by atoms with Crippen molar-refractivity contribution in [3.05, 3.63) is 45.9 Å². The Morgan fingerprint density at radius 3 is 2.82 bits per heavy atom. The Morgan fingerprint density at radius 1 is 1.41 bits per heavy atom. The summed E-state index contributed by atoms with van der Waals surface area (Å²) in [6, 6.07) is 3.85. The van der Waals surface area contributed by atoms with Crippen LogP contribution in [0.4, 0.5) is 0 Å². The molecule has 5 nitrogen and oxygen atoms in total. The third-order valence-electron chi connectivity index (χ3n) is 3.50. The van der Waals surface area contributed by atoms with Gasteiger partial charge >= 0.3 is 0 Å². The normalized spacial score (nSPS) is 12.1. The first-order valence-electron chi connectivity index (χ1n) is 7.89. The lowest BCUT2D eigenvalue weighted by Gasteiger charge is -2.10. The van der Waals surface area contributed by atoms with Crippen LogP contribution in [0.15, 0.2) is 23.1 Å². The van der Waals surface area contributed by atoms with Crippen molar-refractivity contribution < 1.29 is 0 Å². The van der Waals surface area contributed by atoms with Gasteiger partial charge in [0.05, 0.1) is 5.69 Å². The molecule has 0 spiro atoms. The zero-order chi connectivity index (χ0) is 16.1. The molecular formula is C17H24N4O. The summed E-state index contributed by atoms with van der Waals surface area (Å²) in [5.41, 5.74) is 2.79. The third kappa shape index (κ3) is 3.72. The molecule has 0 fully saturated rings. The molecule has 0 saturated heterocycles. The molecule has 2 aromatic heterocycles. The van der Waals surface area contributed by atoms with Crippen LogP contribution in [0.3, 0.4) is 0 Å². The number of hydrogen-bond donors (Lipinski definition) is 1. The number of nitrogens with zero attached hydrogens (tertiary/aromatic N) is 3. The van der Waals surface area contributed by atoms with Gasteiger partial charge in [-0.05, 0) is 44.4 Å². The van der Waals surface area contributed by atoms with Gasteiger partial charge in [-0.3, -0.25) is 9.48 Å². The second kappa shape index (κ2) is 7.20. The summed E-state index contributed by atoms with van der Waals surface area (Å²) in [7, 11) is 0. The van der Waals surface area contributed by atoms with Gasteiger partial charge in [-0.1, -0.05) is 20.3 Å². The zero-order valence-electron chi connectivity index (χ0n) is 13.8. The van der Waals surface area contributed by atoms with E-state index < -0.39 is 0 Å². The lowest BCUT2D eigenvalue weighted by atomic mass is 10.1. The van der Waals surface area contributed by atoms with Crippen molar-refractivity contribution in [1.82, 2.24) is 19.7 Å². The predicted octanol–water partition coefficient (Wildman–Crippen LogP) is 3.45. The molecule has 1 N–H and O–H groups in total. The minimum Gasteiger partial charge on any atom is -0.307 e. The monoisotopic (exact) mass is 300 g/mol. The van der Waals surface area contributed by atoms with Gasteiger partial charge in [0.25, 0.3) is 5.56 Å². The van der Waals surface area contributed by atoms with Gasteiger partial charge in [-0.2, -0.15) is 5.10 Å². The van der Waals surface area contributed by atoms with Crippen LogP contribution >= 0.6 is 0 Å². The molecule has 2 heterocycles. The van der Waals surface area contributed by atoms with Crippen LogP contribution in [0.2, 0.25) is 0 Å². The molecule has 2 aromatic rings. The van der Waals surface area contributed by atoms with Gasteiger partial charge in [0.2, 0.25) is 0 Å². The van der Waals surface area contributed by atoms with Crippen molar-refractivity contribution >= 4 is 11.6 Å². The second-order valence-electron chi connectivity index (χ2n) is 5.65. The molecule has 0 bridgehead atoms. The molecule has 0 atom stereocenters. The van der Waals surface area contributed by atoms with E-state index in [4.69, 9.17) is 0 Å². The van der Waals surface area contributed by atoms with Crippen LogP contribution in [0, 0.1) is 0 Å². The van der Waals surface area contributed by atoms with Crippen molar-refractivity contribution in [2.75, 3.05) is 0 Å². The first-order chi connectivity index (χ1) is 10.5. The van der Waals surface area contributed by atoms with Crippen LogP contribution in [-0.2, 0) is 6.42 Å². The lowest BCUT2D eigenvalue weighted by Crippen LogP contribution is -2.12. The summed E-state index contributed by atoms with van der Waals surface area (Å²) < 4.78 is 1.96. The van der Waals surface area contributed by atoms with Crippen LogP contribution in [0.5, 0.6) is 0 Å². The quantitative estimate of drug-likeness (QED) is 0.888. The van der Waals surface area contributed by atoms with E-state index in [2.05, 4.69) is 48.8 Å². The van der Waals surface area contributed by atoms with Gasteiger partial charge in [0, 0.05) is 24.0 Å². The summed E-state index contributed by atoms with van der Waals surface area (Å²) in [5.74, 6) is 0.662. The molecule has 0 aliphatic rings. The number of nitrogens with one attached hydrogen (secondary N) is 1. The first kappa shape index (κ1) is 16.2. The average Bonchev–Trinajstić information content (AvgIpc) is 2.92. The molecule has 0 amide bonds. The number of aromatic nitrogens is 4. The Balaban J connectivity index is 2.45. The lowest BCUT2D eigenvalue weighted by molar-refractivity contribution is 0.528. The molecule has 0 aliphatic carbocycles. The molecule has 0 saturated carbocycles. The molecule has 2 rings (SSSR count). The Morgan fingerprint density at radius 2 is 2.18 bits per heavy atom. The SMILES string of the molecule is CCCc1cc(=O)[nH]c(C(=Cc2ccnn2C(C)C)CC)n1. The van der Waals surface area contributed by atoms with Gasteiger partial charge in [0.15, 0.2) is 0 Å². The van der Waals surface area contributed by atoms with Gasteiger partial charge in [0.1, 0.15) is 5.82 Å². The molecule has 22 heavy (non-hydrogen) atoms. The molecular weight excluding hydrogens is 276 g/mol. The third-order valence-corrected chi connectivity index (χ3v) is 3.50. The molecule has 0 radical (unpaired) electrons. The average molecular weight is 300 g/mol. The topological polar surface area (TPSA) is 63.6 Å². The van der Waals surface area contributed by atoms with Crippen molar-refractivity contribution in [3.63, 3.8) is 0 Å². The highest BCUT2D eigenvalue weighted by Crippen LogP contribution is 2.19. The minimum absolute atomic E-state index is 0.0924. The fourth-order valence-electron chi connectivity index (χ4n) is 2.43. The highest BCUT2D eigenvalue weighted by molar-refractivity contribution is 5.77. The van der Waals surface area contributed by atoms with E-state index in [9.17, 15) is 4.79 Å². The standard InChI is InChI=1S/C17H24N4O/c1-5-7-14-11-16(22)20-17(19-14)13(6-2)10-15-8-9-18-21(15)12(3)4/h8-12H,5-7H2,1-4H3,(H,19,20,22). The second-order valence-corrected chi connectivity index (χ2v) is 5.65. The van der Waals surface area contributed by atoms with Gasteiger partial charge in [-0.25, -0.2) is 4.98 Å². The largest absolute Gasteiger partial charge is 0.307 e. The fourth-order valence-corrected chi connectivity index (χ4v) is 2.43. The number of allylic oxidation sites excluding steroid dienone is 1. The first-order valence-corrected chi connectivity index (χ1v) is 7.89.